The molecule has 6 nitrogen and oxygen atoms in total. The second kappa shape index (κ2) is 7.74. The maximum atomic E-state index is 12.7. The van der Waals surface area contributed by atoms with Gasteiger partial charge in [0, 0.05) is 30.6 Å². The van der Waals surface area contributed by atoms with Crippen LogP contribution in [0.4, 0.5) is 0 Å². The topological polar surface area (TPSA) is 63.1 Å². The van der Waals surface area contributed by atoms with E-state index in [-0.39, 0.29) is 11.9 Å². The van der Waals surface area contributed by atoms with Crippen molar-refractivity contribution in [2.75, 3.05) is 19.6 Å². The van der Waals surface area contributed by atoms with Crippen LogP contribution in [0.1, 0.15) is 62.6 Å². The summed E-state index contributed by atoms with van der Waals surface area (Å²) in [6.45, 7) is 13.5. The molecule has 0 bridgehead atoms. The average Bonchev–Trinajstić information content (AvgIpc) is 3.01. The minimum Gasteiger partial charge on any atom is -0.350 e. The Morgan fingerprint density at radius 1 is 1.38 bits per heavy atom. The van der Waals surface area contributed by atoms with Gasteiger partial charge in [-0.25, -0.2) is 9.67 Å². The van der Waals surface area contributed by atoms with Crippen molar-refractivity contribution >= 4 is 16.9 Å². The fourth-order valence-electron chi connectivity index (χ4n) is 3.76. The quantitative estimate of drug-likeness (QED) is 0.893. The van der Waals surface area contributed by atoms with Crippen LogP contribution in [0.2, 0.25) is 0 Å². The van der Waals surface area contributed by atoms with Crippen LogP contribution in [0.5, 0.6) is 0 Å². The normalized spacial score (nSPS) is 19.8. The van der Waals surface area contributed by atoms with E-state index in [4.69, 9.17) is 0 Å². The maximum Gasteiger partial charge on any atom is 0.253 e. The van der Waals surface area contributed by atoms with Gasteiger partial charge >= 0.3 is 0 Å². The molecular weight excluding hydrogens is 326 g/mol. The first-order chi connectivity index (χ1) is 12.4. The van der Waals surface area contributed by atoms with Crippen molar-refractivity contribution in [1.29, 1.82) is 0 Å². The van der Waals surface area contributed by atoms with Gasteiger partial charge in [-0.3, -0.25) is 9.69 Å². The Hall–Kier alpha value is -1.95. The smallest absolute Gasteiger partial charge is 0.253 e. The standard InChI is InChI=1S/C20H31N5O/c1-13(2)25-19-17(11-22-25)9-18(16(5)23-19)20(26)21-10-15(4)24-8-6-7-14(3)12-24/h9,11,13-15H,6-8,10,12H2,1-5H3,(H,21,26)/t14-,15-/m0/s1. The molecule has 0 spiro atoms. The lowest BCUT2D eigenvalue weighted by molar-refractivity contribution is 0.0916. The fourth-order valence-corrected chi connectivity index (χ4v) is 3.76. The Labute approximate surface area is 156 Å². The molecule has 3 heterocycles. The van der Waals surface area contributed by atoms with E-state index in [1.807, 2.05) is 17.7 Å². The van der Waals surface area contributed by atoms with E-state index in [1.165, 1.54) is 12.8 Å². The predicted octanol–water partition coefficient (Wildman–Crippen LogP) is 3.17. The average molecular weight is 358 g/mol. The van der Waals surface area contributed by atoms with E-state index < -0.39 is 0 Å². The lowest BCUT2D eigenvalue weighted by atomic mass is 9.99. The Morgan fingerprint density at radius 2 is 2.15 bits per heavy atom. The molecule has 0 saturated carbocycles. The summed E-state index contributed by atoms with van der Waals surface area (Å²) in [7, 11) is 0. The van der Waals surface area contributed by atoms with Crippen LogP contribution >= 0.6 is 0 Å². The summed E-state index contributed by atoms with van der Waals surface area (Å²) in [6.07, 6.45) is 4.35. The molecule has 1 aliphatic heterocycles. The van der Waals surface area contributed by atoms with Crippen molar-refractivity contribution in [1.82, 2.24) is 25.0 Å². The zero-order chi connectivity index (χ0) is 18.8. The molecule has 1 amide bonds. The summed E-state index contributed by atoms with van der Waals surface area (Å²) in [5, 5.41) is 8.40. The van der Waals surface area contributed by atoms with Crippen molar-refractivity contribution < 1.29 is 4.79 Å². The van der Waals surface area contributed by atoms with Crippen LogP contribution in [-0.4, -0.2) is 51.2 Å². The van der Waals surface area contributed by atoms with E-state index in [0.717, 1.165) is 35.7 Å². The molecule has 142 valence electrons. The van der Waals surface area contributed by atoms with Crippen molar-refractivity contribution in [3.63, 3.8) is 0 Å². The van der Waals surface area contributed by atoms with Crippen molar-refractivity contribution in [3.05, 3.63) is 23.5 Å². The van der Waals surface area contributed by atoms with E-state index in [2.05, 4.69) is 48.0 Å². The van der Waals surface area contributed by atoms with E-state index in [0.29, 0.717) is 18.2 Å². The highest BCUT2D eigenvalue weighted by molar-refractivity contribution is 5.98. The van der Waals surface area contributed by atoms with Gasteiger partial charge in [0.2, 0.25) is 0 Å². The summed E-state index contributed by atoms with van der Waals surface area (Å²) in [4.78, 5) is 19.8. The second-order valence-corrected chi connectivity index (χ2v) is 8.02. The summed E-state index contributed by atoms with van der Waals surface area (Å²) in [5.74, 6) is 0.694. The number of pyridine rings is 1. The van der Waals surface area contributed by atoms with Gasteiger partial charge in [-0.2, -0.15) is 5.10 Å². The lowest BCUT2D eigenvalue weighted by Gasteiger charge is -2.35. The van der Waals surface area contributed by atoms with Gasteiger partial charge in [0.25, 0.3) is 5.91 Å². The Balaban J connectivity index is 1.68. The molecule has 0 radical (unpaired) electrons. The molecule has 2 aromatic rings. The van der Waals surface area contributed by atoms with Gasteiger partial charge in [-0.1, -0.05) is 6.92 Å². The van der Waals surface area contributed by atoms with Crippen molar-refractivity contribution in [3.8, 4) is 0 Å². The summed E-state index contributed by atoms with van der Waals surface area (Å²) in [5.41, 5.74) is 2.22. The van der Waals surface area contributed by atoms with Gasteiger partial charge < -0.3 is 5.32 Å². The largest absolute Gasteiger partial charge is 0.350 e. The summed E-state index contributed by atoms with van der Waals surface area (Å²) < 4.78 is 1.89. The number of nitrogens with zero attached hydrogens (tertiary/aromatic N) is 4. The summed E-state index contributed by atoms with van der Waals surface area (Å²) in [6, 6.07) is 2.50. The molecule has 2 atom stereocenters. The number of piperidine rings is 1. The Bertz CT molecular complexity index is 782. The maximum absolute atomic E-state index is 12.7. The first kappa shape index (κ1) is 18.8. The number of rotatable bonds is 5. The molecule has 1 saturated heterocycles. The van der Waals surface area contributed by atoms with E-state index in [1.54, 1.807) is 6.20 Å². The molecule has 0 unspecified atom stereocenters. The Morgan fingerprint density at radius 3 is 2.85 bits per heavy atom. The van der Waals surface area contributed by atoms with Crippen LogP contribution in [0.3, 0.4) is 0 Å². The predicted molar refractivity (Wildman–Crippen MR) is 104 cm³/mol. The SMILES string of the molecule is Cc1nc2c(cnn2C(C)C)cc1C(=O)NC[C@H](C)N1CCC[C@H](C)C1. The number of nitrogens with one attached hydrogen (secondary N) is 1. The first-order valence-electron chi connectivity index (χ1n) is 9.74. The first-order valence-corrected chi connectivity index (χ1v) is 9.74. The highest BCUT2D eigenvalue weighted by atomic mass is 16.1. The number of carbonyl (C=O) groups is 1. The highest BCUT2D eigenvalue weighted by Crippen LogP contribution is 2.20. The zero-order valence-electron chi connectivity index (χ0n) is 16.6. The van der Waals surface area contributed by atoms with Crippen molar-refractivity contribution in [2.24, 2.45) is 5.92 Å². The molecule has 6 heteroatoms. The lowest BCUT2D eigenvalue weighted by Crippen LogP contribution is -2.46. The van der Waals surface area contributed by atoms with Crippen LogP contribution < -0.4 is 5.32 Å². The Kier molecular flexibility index (Phi) is 5.61. The number of hydrogen-bond donors (Lipinski definition) is 1. The number of fused-ring (bicyclic) bond motifs is 1. The van der Waals surface area contributed by atoms with Gasteiger partial charge in [0.15, 0.2) is 5.65 Å². The van der Waals surface area contributed by atoms with Gasteiger partial charge in [0.1, 0.15) is 0 Å². The van der Waals surface area contributed by atoms with Crippen LogP contribution in [0.25, 0.3) is 11.0 Å². The van der Waals surface area contributed by atoms with Crippen LogP contribution in [-0.2, 0) is 0 Å². The highest BCUT2D eigenvalue weighted by Gasteiger charge is 2.22. The number of aromatic nitrogens is 3. The van der Waals surface area contributed by atoms with Gasteiger partial charge in [-0.15, -0.1) is 0 Å². The van der Waals surface area contributed by atoms with E-state index in [9.17, 15) is 4.79 Å². The fraction of sp³-hybridized carbons (Fsp3) is 0.650. The van der Waals surface area contributed by atoms with Gasteiger partial charge in [0.05, 0.1) is 17.5 Å². The second-order valence-electron chi connectivity index (χ2n) is 8.02. The van der Waals surface area contributed by atoms with Crippen molar-refractivity contribution in [2.45, 2.75) is 59.5 Å². The monoisotopic (exact) mass is 357 g/mol. The zero-order valence-corrected chi connectivity index (χ0v) is 16.6. The van der Waals surface area contributed by atoms with Gasteiger partial charge in [-0.05, 0) is 59.1 Å². The number of aryl methyl sites for hydroxylation is 1. The molecule has 1 N–H and O–H groups in total. The molecule has 0 aromatic carbocycles. The molecule has 2 aromatic heterocycles. The third-order valence-corrected chi connectivity index (χ3v) is 5.36. The third-order valence-electron chi connectivity index (χ3n) is 5.36. The van der Waals surface area contributed by atoms with Crippen LogP contribution in [0.15, 0.2) is 12.3 Å². The number of hydrogen-bond acceptors (Lipinski definition) is 4. The van der Waals surface area contributed by atoms with Crippen LogP contribution in [0, 0.1) is 12.8 Å². The van der Waals surface area contributed by atoms with E-state index >= 15 is 0 Å². The molecule has 0 aliphatic carbocycles. The molecule has 1 fully saturated rings. The minimum atomic E-state index is -0.0499. The molecule has 26 heavy (non-hydrogen) atoms. The third kappa shape index (κ3) is 3.90. The number of carbonyl (C=O) groups excluding carboxylic acids is 1. The minimum absolute atomic E-state index is 0.0499. The summed E-state index contributed by atoms with van der Waals surface area (Å²) >= 11 is 0. The number of likely N-dealkylation sites (tertiary alicyclic amines) is 1. The molecular formula is C20H31N5O. The molecule has 3 rings (SSSR count). The number of amides is 1. The molecule has 1 aliphatic rings.